The average Bonchev–Trinajstić information content (AvgIpc) is 2.62. The molecule has 1 N–H and O–H groups in total. The summed E-state index contributed by atoms with van der Waals surface area (Å²) < 4.78 is 0. The Bertz CT molecular complexity index is 755. The van der Waals surface area contributed by atoms with Crippen LogP contribution in [0.5, 0.6) is 0 Å². The van der Waals surface area contributed by atoms with Crippen LogP contribution in [0.1, 0.15) is 50.7 Å². The zero-order chi connectivity index (χ0) is 17.1. The molecule has 5 nitrogen and oxygen atoms in total. The molecule has 3 rings (SSSR count). The second-order valence-corrected chi connectivity index (χ2v) is 6.21. The third-order valence-electron chi connectivity index (χ3n) is 4.47. The quantitative estimate of drug-likeness (QED) is 0.942. The molecule has 0 saturated carbocycles. The first-order valence-corrected chi connectivity index (χ1v) is 8.10. The third-order valence-corrected chi connectivity index (χ3v) is 4.47. The molecule has 0 aliphatic carbocycles. The van der Waals surface area contributed by atoms with Gasteiger partial charge in [-0.2, -0.15) is 0 Å². The number of amides is 1. The molecule has 1 aromatic heterocycles. The van der Waals surface area contributed by atoms with Crippen molar-refractivity contribution < 1.29 is 14.7 Å². The summed E-state index contributed by atoms with van der Waals surface area (Å²) in [6.07, 6.45) is 3.48. The number of likely N-dealkylation sites (tertiary alicyclic amines) is 1. The van der Waals surface area contributed by atoms with Gasteiger partial charge in [0.25, 0.3) is 5.91 Å². The van der Waals surface area contributed by atoms with E-state index in [0.717, 1.165) is 30.6 Å². The van der Waals surface area contributed by atoms with Crippen molar-refractivity contribution >= 4 is 11.9 Å². The van der Waals surface area contributed by atoms with Crippen molar-refractivity contribution in [2.75, 3.05) is 13.1 Å². The summed E-state index contributed by atoms with van der Waals surface area (Å²) >= 11 is 0. The Hall–Kier alpha value is -2.69. The van der Waals surface area contributed by atoms with Crippen LogP contribution in [0, 0.1) is 6.92 Å². The van der Waals surface area contributed by atoms with E-state index in [4.69, 9.17) is 5.11 Å². The largest absolute Gasteiger partial charge is 0.478 e. The smallest absolute Gasteiger partial charge is 0.335 e. The van der Waals surface area contributed by atoms with Gasteiger partial charge in [0.05, 0.1) is 11.1 Å². The Morgan fingerprint density at radius 2 is 2.04 bits per heavy atom. The van der Waals surface area contributed by atoms with E-state index >= 15 is 0 Å². The van der Waals surface area contributed by atoms with Crippen LogP contribution in [-0.4, -0.2) is 40.0 Å². The molecule has 1 aliphatic heterocycles. The Morgan fingerprint density at radius 1 is 1.21 bits per heavy atom. The summed E-state index contributed by atoms with van der Waals surface area (Å²) in [5.74, 6) is -0.770. The number of carboxylic acids is 1. The Kier molecular flexibility index (Phi) is 4.60. The second-order valence-electron chi connectivity index (χ2n) is 6.21. The minimum absolute atomic E-state index is 0.0124. The van der Waals surface area contributed by atoms with E-state index in [0.29, 0.717) is 17.7 Å². The molecule has 0 bridgehead atoms. The van der Waals surface area contributed by atoms with E-state index in [9.17, 15) is 9.59 Å². The zero-order valence-corrected chi connectivity index (χ0v) is 13.6. The van der Waals surface area contributed by atoms with E-state index in [2.05, 4.69) is 4.98 Å². The van der Waals surface area contributed by atoms with Crippen molar-refractivity contribution in [3.8, 4) is 0 Å². The zero-order valence-electron chi connectivity index (χ0n) is 13.6. The Balaban J connectivity index is 1.76. The fourth-order valence-corrected chi connectivity index (χ4v) is 3.14. The number of piperidine rings is 1. The van der Waals surface area contributed by atoms with Crippen molar-refractivity contribution in [3.05, 3.63) is 65.0 Å². The van der Waals surface area contributed by atoms with E-state index in [-0.39, 0.29) is 11.8 Å². The van der Waals surface area contributed by atoms with Crippen molar-refractivity contribution in [2.24, 2.45) is 0 Å². The third kappa shape index (κ3) is 3.45. The highest BCUT2D eigenvalue weighted by Crippen LogP contribution is 2.28. The predicted molar refractivity (Wildman–Crippen MR) is 90.3 cm³/mol. The lowest BCUT2D eigenvalue weighted by Gasteiger charge is -2.33. The van der Waals surface area contributed by atoms with Gasteiger partial charge in [-0.25, -0.2) is 4.79 Å². The Labute approximate surface area is 140 Å². The van der Waals surface area contributed by atoms with E-state index < -0.39 is 5.97 Å². The summed E-state index contributed by atoms with van der Waals surface area (Å²) in [5, 5.41) is 9.15. The van der Waals surface area contributed by atoms with Gasteiger partial charge in [0.15, 0.2) is 0 Å². The molecule has 124 valence electrons. The first kappa shape index (κ1) is 16.2. The second kappa shape index (κ2) is 6.83. The molecular weight excluding hydrogens is 304 g/mol. The molecule has 1 amide bonds. The highest BCUT2D eigenvalue weighted by atomic mass is 16.4. The molecule has 5 heteroatoms. The van der Waals surface area contributed by atoms with Crippen LogP contribution in [0.3, 0.4) is 0 Å². The maximum absolute atomic E-state index is 12.7. The fourth-order valence-electron chi connectivity index (χ4n) is 3.14. The lowest BCUT2D eigenvalue weighted by molar-refractivity contribution is 0.0687. The number of carbonyl (C=O) groups excluding carboxylic acids is 1. The van der Waals surface area contributed by atoms with Crippen molar-refractivity contribution in [1.82, 2.24) is 9.88 Å². The van der Waals surface area contributed by atoms with Gasteiger partial charge in [-0.3, -0.25) is 9.78 Å². The minimum atomic E-state index is -0.925. The number of hydrogen-bond acceptors (Lipinski definition) is 3. The molecule has 0 unspecified atom stereocenters. The van der Waals surface area contributed by atoms with Gasteiger partial charge in [0, 0.05) is 30.9 Å². The van der Waals surface area contributed by atoms with Crippen LogP contribution in [0.15, 0.2) is 42.6 Å². The topological polar surface area (TPSA) is 70.5 Å². The van der Waals surface area contributed by atoms with Crippen LogP contribution in [-0.2, 0) is 0 Å². The van der Waals surface area contributed by atoms with Gasteiger partial charge >= 0.3 is 5.97 Å². The number of aromatic carboxylic acids is 1. The summed E-state index contributed by atoms with van der Waals surface area (Å²) in [6, 6.07) is 10.7. The summed E-state index contributed by atoms with van der Waals surface area (Å²) in [6.45, 7) is 3.22. The number of benzene rings is 1. The Morgan fingerprint density at radius 3 is 2.75 bits per heavy atom. The van der Waals surface area contributed by atoms with Gasteiger partial charge in [-0.1, -0.05) is 12.1 Å². The van der Waals surface area contributed by atoms with Crippen molar-refractivity contribution in [1.29, 1.82) is 0 Å². The first-order chi connectivity index (χ1) is 11.5. The molecule has 1 atom stereocenters. The van der Waals surface area contributed by atoms with Crippen LogP contribution in [0.25, 0.3) is 0 Å². The van der Waals surface area contributed by atoms with Gasteiger partial charge in [-0.05, 0) is 49.6 Å². The van der Waals surface area contributed by atoms with E-state index in [1.54, 1.807) is 30.5 Å². The number of carbonyl (C=O) groups is 2. The molecule has 1 fully saturated rings. The summed E-state index contributed by atoms with van der Waals surface area (Å²) in [7, 11) is 0. The monoisotopic (exact) mass is 324 g/mol. The SMILES string of the molecule is Cc1ccc(C(=O)N2CCC[C@@H](c3cccc(C(=O)O)c3)C2)cn1. The average molecular weight is 324 g/mol. The van der Waals surface area contributed by atoms with Gasteiger partial charge < -0.3 is 10.0 Å². The standard InChI is InChI=1S/C19H20N2O3/c1-13-7-8-16(11-20-13)18(22)21-9-3-6-17(12-21)14-4-2-5-15(10-14)19(23)24/h2,4-5,7-8,10-11,17H,3,6,9,12H2,1H3,(H,23,24)/t17-/m1/s1. The highest BCUT2D eigenvalue weighted by molar-refractivity contribution is 5.94. The molecular formula is C19H20N2O3. The molecule has 1 saturated heterocycles. The normalized spacial score (nSPS) is 17.5. The number of aryl methyl sites for hydroxylation is 1. The molecule has 0 spiro atoms. The number of rotatable bonds is 3. The number of aromatic nitrogens is 1. The van der Waals surface area contributed by atoms with Crippen molar-refractivity contribution in [3.63, 3.8) is 0 Å². The molecule has 0 radical (unpaired) electrons. The van der Waals surface area contributed by atoms with Crippen molar-refractivity contribution in [2.45, 2.75) is 25.7 Å². The van der Waals surface area contributed by atoms with Crippen LogP contribution < -0.4 is 0 Å². The van der Waals surface area contributed by atoms with Crippen LogP contribution >= 0.6 is 0 Å². The van der Waals surface area contributed by atoms with Gasteiger partial charge in [0.2, 0.25) is 0 Å². The first-order valence-electron chi connectivity index (χ1n) is 8.10. The molecule has 2 heterocycles. The maximum atomic E-state index is 12.7. The van der Waals surface area contributed by atoms with E-state index in [1.165, 1.54) is 0 Å². The van der Waals surface area contributed by atoms with Gasteiger partial charge in [0.1, 0.15) is 0 Å². The predicted octanol–water partition coefficient (Wildman–Crippen LogP) is 3.11. The van der Waals surface area contributed by atoms with Crippen LogP contribution in [0.2, 0.25) is 0 Å². The number of pyridine rings is 1. The molecule has 1 aliphatic rings. The molecule has 24 heavy (non-hydrogen) atoms. The number of carboxylic acid groups (broad SMARTS) is 1. The van der Waals surface area contributed by atoms with E-state index in [1.807, 2.05) is 24.0 Å². The summed E-state index contributed by atoms with van der Waals surface area (Å²) in [5.41, 5.74) is 2.75. The van der Waals surface area contributed by atoms with Crippen LogP contribution in [0.4, 0.5) is 0 Å². The number of nitrogens with zero attached hydrogens (tertiary/aromatic N) is 2. The highest BCUT2D eigenvalue weighted by Gasteiger charge is 2.26. The molecule has 2 aromatic rings. The summed E-state index contributed by atoms with van der Waals surface area (Å²) in [4.78, 5) is 29.8. The lowest BCUT2D eigenvalue weighted by Crippen LogP contribution is -2.39. The fraction of sp³-hybridized carbons (Fsp3) is 0.316. The molecule has 1 aromatic carbocycles. The van der Waals surface area contributed by atoms with Gasteiger partial charge in [-0.15, -0.1) is 0 Å². The maximum Gasteiger partial charge on any atom is 0.335 e. The lowest BCUT2D eigenvalue weighted by atomic mass is 9.89. The number of hydrogen-bond donors (Lipinski definition) is 1. The minimum Gasteiger partial charge on any atom is -0.478 e.